The highest BCUT2D eigenvalue weighted by Crippen LogP contribution is 2.40. The van der Waals surface area contributed by atoms with Gasteiger partial charge in [0.2, 0.25) is 5.16 Å². The number of hydrogen-bond donors (Lipinski definition) is 1. The molecule has 0 spiro atoms. The smallest absolute Gasteiger partial charge is 0.211 e. The Bertz CT molecular complexity index is 1170. The Labute approximate surface area is 188 Å². The van der Waals surface area contributed by atoms with E-state index in [1.807, 2.05) is 0 Å². The van der Waals surface area contributed by atoms with Gasteiger partial charge in [0.05, 0.1) is 19.5 Å². The van der Waals surface area contributed by atoms with Crippen molar-refractivity contribution in [3.05, 3.63) is 89.5 Å². The predicted molar refractivity (Wildman–Crippen MR) is 119 cm³/mol. The van der Waals surface area contributed by atoms with Crippen molar-refractivity contribution in [1.29, 1.82) is 0 Å². The number of rotatable bonds is 7. The van der Waals surface area contributed by atoms with Crippen LogP contribution in [0.3, 0.4) is 0 Å². The number of benzene rings is 3. The first-order valence-electron chi connectivity index (χ1n) is 9.60. The maximum Gasteiger partial charge on any atom is 0.211 e. The molecule has 0 aliphatic carbocycles. The van der Waals surface area contributed by atoms with Crippen molar-refractivity contribution < 1.29 is 18.3 Å². The lowest BCUT2D eigenvalue weighted by molar-refractivity contribution is 0.355. The number of halogens is 2. The van der Waals surface area contributed by atoms with Gasteiger partial charge < -0.3 is 15.3 Å². The molecule has 0 unspecified atom stereocenters. The number of aromatic nitrogens is 3. The van der Waals surface area contributed by atoms with E-state index in [1.165, 1.54) is 40.7 Å². The van der Waals surface area contributed by atoms with Crippen molar-refractivity contribution in [3.8, 4) is 22.9 Å². The van der Waals surface area contributed by atoms with Gasteiger partial charge in [0.15, 0.2) is 17.3 Å². The Kier molecular flexibility index (Phi) is 6.27. The topological polar surface area (TPSA) is 75.2 Å². The lowest BCUT2D eigenvalue weighted by atomic mass is 10.0. The summed E-state index contributed by atoms with van der Waals surface area (Å²) in [5, 5.41) is 8.62. The summed E-state index contributed by atoms with van der Waals surface area (Å²) in [5.74, 6) is 7.21. The first-order chi connectivity index (χ1) is 15.5. The van der Waals surface area contributed by atoms with Crippen LogP contribution in [-0.2, 0) is 0 Å². The summed E-state index contributed by atoms with van der Waals surface area (Å²) in [6.45, 7) is 0. The summed E-state index contributed by atoms with van der Waals surface area (Å²) >= 11 is 1.33. The van der Waals surface area contributed by atoms with Crippen LogP contribution in [-0.4, -0.2) is 29.1 Å². The van der Waals surface area contributed by atoms with Crippen LogP contribution in [0.1, 0.15) is 16.4 Å². The Morgan fingerprint density at radius 1 is 0.812 bits per heavy atom. The lowest BCUT2D eigenvalue weighted by Gasteiger charge is -2.17. The third-order valence-corrected chi connectivity index (χ3v) is 6.14. The van der Waals surface area contributed by atoms with Crippen molar-refractivity contribution in [1.82, 2.24) is 14.9 Å². The zero-order chi connectivity index (χ0) is 22.7. The third kappa shape index (κ3) is 4.38. The highest BCUT2D eigenvalue weighted by atomic mass is 32.2. The Hall–Kier alpha value is -3.59. The van der Waals surface area contributed by atoms with Crippen LogP contribution in [0.25, 0.3) is 11.4 Å². The second kappa shape index (κ2) is 9.27. The fourth-order valence-corrected chi connectivity index (χ4v) is 4.32. The molecular weight excluding hydrogens is 434 g/mol. The number of methoxy groups -OCH3 is 2. The van der Waals surface area contributed by atoms with Gasteiger partial charge in [-0.2, -0.15) is 0 Å². The van der Waals surface area contributed by atoms with Crippen molar-refractivity contribution in [2.24, 2.45) is 0 Å². The summed E-state index contributed by atoms with van der Waals surface area (Å²) in [4.78, 5) is 0. The third-order valence-electron chi connectivity index (χ3n) is 4.88. The van der Waals surface area contributed by atoms with Crippen LogP contribution in [0.2, 0.25) is 0 Å². The van der Waals surface area contributed by atoms with E-state index in [4.69, 9.17) is 15.3 Å². The Morgan fingerprint density at radius 3 is 1.91 bits per heavy atom. The first-order valence-corrected chi connectivity index (χ1v) is 10.5. The highest BCUT2D eigenvalue weighted by molar-refractivity contribution is 7.99. The van der Waals surface area contributed by atoms with Crippen molar-refractivity contribution in [2.45, 2.75) is 10.4 Å². The molecule has 2 N–H and O–H groups in total. The molecule has 0 bridgehead atoms. The van der Waals surface area contributed by atoms with E-state index in [-0.39, 0.29) is 16.9 Å². The zero-order valence-electron chi connectivity index (χ0n) is 17.3. The number of nitrogens with two attached hydrogens (primary N) is 1. The molecule has 32 heavy (non-hydrogen) atoms. The molecule has 0 atom stereocenters. The van der Waals surface area contributed by atoms with E-state index in [0.717, 1.165) is 11.1 Å². The number of nitrogens with zero attached hydrogens (tertiary/aromatic N) is 3. The van der Waals surface area contributed by atoms with Crippen molar-refractivity contribution in [3.63, 3.8) is 0 Å². The average Bonchev–Trinajstić information content (AvgIpc) is 3.18. The molecule has 0 aliphatic heterocycles. The van der Waals surface area contributed by atoms with E-state index in [1.54, 1.807) is 56.7 Å². The average molecular weight is 455 g/mol. The molecule has 0 amide bonds. The minimum atomic E-state index is -0.339. The monoisotopic (exact) mass is 454 g/mol. The van der Waals surface area contributed by atoms with Crippen LogP contribution in [0.15, 0.2) is 71.9 Å². The van der Waals surface area contributed by atoms with Gasteiger partial charge in [-0.15, -0.1) is 10.2 Å². The van der Waals surface area contributed by atoms with Gasteiger partial charge in [0, 0.05) is 5.56 Å². The molecule has 9 heteroatoms. The van der Waals surface area contributed by atoms with E-state index in [0.29, 0.717) is 28.0 Å². The molecule has 3 aromatic carbocycles. The van der Waals surface area contributed by atoms with E-state index in [9.17, 15) is 8.78 Å². The molecule has 4 rings (SSSR count). The molecule has 0 saturated heterocycles. The molecule has 0 aliphatic rings. The SMILES string of the molecule is COc1ccc(-c2nnc(SC(c3ccc(F)cc3)c3ccc(F)cc3)n2N)cc1OC. The summed E-state index contributed by atoms with van der Waals surface area (Å²) in [6, 6.07) is 17.6. The number of hydrogen-bond acceptors (Lipinski definition) is 6. The fraction of sp³-hybridized carbons (Fsp3) is 0.130. The first kappa shape index (κ1) is 21.6. The van der Waals surface area contributed by atoms with Gasteiger partial charge in [0.1, 0.15) is 11.6 Å². The summed E-state index contributed by atoms with van der Waals surface area (Å²) < 4.78 is 39.0. The Morgan fingerprint density at radius 2 is 1.38 bits per heavy atom. The highest BCUT2D eigenvalue weighted by Gasteiger charge is 2.22. The lowest BCUT2D eigenvalue weighted by Crippen LogP contribution is -2.12. The molecular formula is C23H20F2N4O2S. The van der Waals surface area contributed by atoms with Gasteiger partial charge in [0.25, 0.3) is 0 Å². The zero-order valence-corrected chi connectivity index (χ0v) is 18.1. The largest absolute Gasteiger partial charge is 0.493 e. The normalized spacial score (nSPS) is 11.0. The quantitative estimate of drug-likeness (QED) is 0.318. The molecule has 1 aromatic heterocycles. The van der Waals surface area contributed by atoms with Gasteiger partial charge in [-0.3, -0.25) is 0 Å². The summed E-state index contributed by atoms with van der Waals surface area (Å²) in [5.41, 5.74) is 2.34. The van der Waals surface area contributed by atoms with E-state index in [2.05, 4.69) is 10.2 Å². The molecule has 0 fully saturated rings. The minimum absolute atomic E-state index is 0.305. The summed E-state index contributed by atoms with van der Waals surface area (Å²) in [6.07, 6.45) is 0. The molecule has 4 aromatic rings. The number of nitrogen functional groups attached to an aromatic ring is 1. The van der Waals surface area contributed by atoms with Crippen LogP contribution < -0.4 is 15.3 Å². The van der Waals surface area contributed by atoms with Gasteiger partial charge in [-0.1, -0.05) is 36.0 Å². The van der Waals surface area contributed by atoms with Crippen molar-refractivity contribution in [2.75, 3.05) is 20.1 Å². The fourth-order valence-electron chi connectivity index (χ4n) is 3.24. The van der Waals surface area contributed by atoms with Gasteiger partial charge >= 0.3 is 0 Å². The maximum atomic E-state index is 13.5. The molecule has 164 valence electrons. The van der Waals surface area contributed by atoms with E-state index >= 15 is 0 Å². The van der Waals surface area contributed by atoms with Crippen LogP contribution in [0.4, 0.5) is 8.78 Å². The minimum Gasteiger partial charge on any atom is -0.493 e. The van der Waals surface area contributed by atoms with Crippen LogP contribution in [0, 0.1) is 11.6 Å². The molecule has 1 heterocycles. The second-order valence-corrected chi connectivity index (χ2v) is 7.92. The maximum absolute atomic E-state index is 13.5. The number of thioether (sulfide) groups is 1. The van der Waals surface area contributed by atoms with Crippen LogP contribution in [0.5, 0.6) is 11.5 Å². The molecule has 0 radical (unpaired) electrons. The van der Waals surface area contributed by atoms with Crippen molar-refractivity contribution >= 4 is 11.8 Å². The van der Waals surface area contributed by atoms with E-state index < -0.39 is 0 Å². The Balaban J connectivity index is 1.70. The summed E-state index contributed by atoms with van der Waals surface area (Å²) in [7, 11) is 3.11. The molecule has 0 saturated carbocycles. The predicted octanol–water partition coefficient (Wildman–Crippen LogP) is 4.84. The van der Waals surface area contributed by atoms with Crippen LogP contribution >= 0.6 is 11.8 Å². The molecule has 6 nitrogen and oxygen atoms in total. The van der Waals surface area contributed by atoms with Gasteiger partial charge in [-0.25, -0.2) is 13.5 Å². The number of ether oxygens (including phenoxy) is 2. The second-order valence-electron chi connectivity index (χ2n) is 6.85. The standard InChI is InChI=1S/C23H20F2N4O2S/c1-30-19-12-7-16(13-20(19)31-2)22-27-28-23(29(22)26)32-21(14-3-8-17(24)9-4-14)15-5-10-18(25)11-6-15/h3-13,21H,26H2,1-2H3. The van der Waals surface area contributed by atoms with Gasteiger partial charge in [-0.05, 0) is 53.6 Å².